The average molecular weight is 285 g/mol. The zero-order valence-corrected chi connectivity index (χ0v) is 15.0. The van der Waals surface area contributed by atoms with E-state index in [-0.39, 0.29) is 5.54 Å². The molecule has 2 nitrogen and oxygen atoms in total. The number of nitrogens with two attached hydrogens (primary N) is 2. The highest BCUT2D eigenvalue weighted by Crippen LogP contribution is 2.33. The topological polar surface area (TPSA) is 52.0 Å². The first-order valence-electron chi connectivity index (χ1n) is 8.46. The Hall–Kier alpha value is -0.0800. The van der Waals surface area contributed by atoms with Crippen molar-refractivity contribution in [1.29, 1.82) is 0 Å². The molecule has 0 aliphatic heterocycles. The highest BCUT2D eigenvalue weighted by Gasteiger charge is 2.28. The molecular weight excluding hydrogens is 244 g/mol. The van der Waals surface area contributed by atoms with Crippen molar-refractivity contribution < 1.29 is 0 Å². The van der Waals surface area contributed by atoms with Crippen LogP contribution in [-0.4, -0.2) is 12.1 Å². The lowest BCUT2D eigenvalue weighted by atomic mass is 9.76. The standard InChI is InChI=1S/C18H40N2/c1-16(2,3)11-13-18(20,10-8-7-9-15-19)14-12-17(4,5)6/h7-15,19-20H2,1-6H3. The number of unbranched alkanes of at least 4 members (excludes halogenated alkanes) is 2. The molecule has 0 saturated carbocycles. The molecule has 0 aliphatic rings. The highest BCUT2D eigenvalue weighted by molar-refractivity contribution is 4.87. The molecule has 122 valence electrons. The summed E-state index contributed by atoms with van der Waals surface area (Å²) in [5.41, 5.74) is 13.1. The van der Waals surface area contributed by atoms with E-state index in [1.165, 1.54) is 25.7 Å². The maximum atomic E-state index is 6.76. The van der Waals surface area contributed by atoms with Gasteiger partial charge in [-0.2, -0.15) is 0 Å². The molecular formula is C18H40N2. The van der Waals surface area contributed by atoms with Gasteiger partial charge in [0, 0.05) is 5.54 Å². The van der Waals surface area contributed by atoms with Crippen molar-refractivity contribution in [3.8, 4) is 0 Å². The van der Waals surface area contributed by atoms with Gasteiger partial charge in [0.25, 0.3) is 0 Å². The lowest BCUT2D eigenvalue weighted by Gasteiger charge is -2.35. The van der Waals surface area contributed by atoms with Gasteiger partial charge in [0.1, 0.15) is 0 Å². The third kappa shape index (κ3) is 11.7. The maximum Gasteiger partial charge on any atom is 0.0154 e. The van der Waals surface area contributed by atoms with Gasteiger partial charge in [-0.1, -0.05) is 54.4 Å². The minimum atomic E-state index is 0.0230. The predicted molar refractivity (Wildman–Crippen MR) is 91.8 cm³/mol. The summed E-state index contributed by atoms with van der Waals surface area (Å²) in [5.74, 6) is 0. The first-order chi connectivity index (χ1) is 8.97. The second-order valence-electron chi connectivity index (χ2n) is 9.08. The third-order valence-electron chi connectivity index (χ3n) is 4.12. The van der Waals surface area contributed by atoms with Gasteiger partial charge >= 0.3 is 0 Å². The van der Waals surface area contributed by atoms with E-state index >= 15 is 0 Å². The predicted octanol–water partition coefficient (Wildman–Crippen LogP) is 4.86. The second-order valence-corrected chi connectivity index (χ2v) is 9.08. The Morgan fingerprint density at radius 2 is 1.05 bits per heavy atom. The fourth-order valence-corrected chi connectivity index (χ4v) is 2.42. The van der Waals surface area contributed by atoms with E-state index in [4.69, 9.17) is 11.5 Å². The molecule has 0 fully saturated rings. The van der Waals surface area contributed by atoms with Gasteiger partial charge in [-0.3, -0.25) is 0 Å². The molecule has 0 saturated heterocycles. The van der Waals surface area contributed by atoms with Gasteiger partial charge < -0.3 is 11.5 Å². The zero-order chi connectivity index (χ0) is 15.9. The summed E-state index contributed by atoms with van der Waals surface area (Å²) in [4.78, 5) is 0. The molecule has 0 atom stereocenters. The molecule has 0 rings (SSSR count). The van der Waals surface area contributed by atoms with E-state index in [9.17, 15) is 0 Å². The Kier molecular flexibility index (Phi) is 8.35. The monoisotopic (exact) mass is 284 g/mol. The molecule has 0 aromatic heterocycles. The smallest absolute Gasteiger partial charge is 0.0154 e. The normalized spacial score (nSPS) is 13.8. The summed E-state index contributed by atoms with van der Waals surface area (Å²) in [6, 6.07) is 0. The summed E-state index contributed by atoms with van der Waals surface area (Å²) in [6.45, 7) is 14.7. The number of hydrogen-bond acceptors (Lipinski definition) is 2. The van der Waals surface area contributed by atoms with Gasteiger partial charge in [0.05, 0.1) is 0 Å². The minimum Gasteiger partial charge on any atom is -0.330 e. The van der Waals surface area contributed by atoms with Crippen LogP contribution in [0.1, 0.15) is 92.9 Å². The number of hydrogen-bond donors (Lipinski definition) is 2. The molecule has 0 aromatic rings. The van der Waals surface area contributed by atoms with Gasteiger partial charge in [-0.25, -0.2) is 0 Å². The Bertz CT molecular complexity index is 227. The van der Waals surface area contributed by atoms with Gasteiger partial charge in [0.2, 0.25) is 0 Å². The van der Waals surface area contributed by atoms with Crippen molar-refractivity contribution in [3.05, 3.63) is 0 Å². The maximum absolute atomic E-state index is 6.76. The van der Waals surface area contributed by atoms with E-state index in [1.54, 1.807) is 0 Å². The van der Waals surface area contributed by atoms with Crippen molar-refractivity contribution in [3.63, 3.8) is 0 Å². The first kappa shape index (κ1) is 19.9. The van der Waals surface area contributed by atoms with Crippen LogP contribution in [0.2, 0.25) is 0 Å². The first-order valence-corrected chi connectivity index (χ1v) is 8.46. The summed E-state index contributed by atoms with van der Waals surface area (Å²) in [7, 11) is 0. The molecule has 4 N–H and O–H groups in total. The van der Waals surface area contributed by atoms with Crippen molar-refractivity contribution in [2.75, 3.05) is 6.54 Å². The molecule has 0 aromatic carbocycles. The molecule has 0 amide bonds. The van der Waals surface area contributed by atoms with Crippen LogP contribution in [0.4, 0.5) is 0 Å². The van der Waals surface area contributed by atoms with E-state index in [0.717, 1.165) is 32.2 Å². The van der Waals surface area contributed by atoms with Crippen LogP contribution in [0, 0.1) is 10.8 Å². The molecule has 0 spiro atoms. The van der Waals surface area contributed by atoms with Crippen molar-refractivity contribution >= 4 is 0 Å². The van der Waals surface area contributed by atoms with Crippen LogP contribution in [0.25, 0.3) is 0 Å². The van der Waals surface area contributed by atoms with Crippen LogP contribution in [0.15, 0.2) is 0 Å². The van der Waals surface area contributed by atoms with Crippen molar-refractivity contribution in [2.24, 2.45) is 22.3 Å². The average Bonchev–Trinajstić information content (AvgIpc) is 2.29. The Labute approximate surface area is 128 Å². The van der Waals surface area contributed by atoms with Crippen LogP contribution in [-0.2, 0) is 0 Å². The van der Waals surface area contributed by atoms with Gasteiger partial charge in [-0.15, -0.1) is 0 Å². The molecule has 0 bridgehead atoms. The molecule has 0 radical (unpaired) electrons. The zero-order valence-electron chi connectivity index (χ0n) is 15.0. The number of rotatable bonds is 9. The van der Waals surface area contributed by atoms with Crippen LogP contribution >= 0.6 is 0 Å². The molecule has 20 heavy (non-hydrogen) atoms. The Morgan fingerprint density at radius 1 is 0.600 bits per heavy atom. The second kappa shape index (κ2) is 8.38. The van der Waals surface area contributed by atoms with Crippen LogP contribution in [0.5, 0.6) is 0 Å². The SMILES string of the molecule is CC(C)(C)CCC(N)(CCCCCN)CCC(C)(C)C. The third-order valence-corrected chi connectivity index (χ3v) is 4.12. The molecule has 2 heteroatoms. The van der Waals surface area contributed by atoms with Crippen molar-refractivity contribution in [2.45, 2.75) is 98.4 Å². The van der Waals surface area contributed by atoms with Crippen molar-refractivity contribution in [1.82, 2.24) is 0 Å². The lowest BCUT2D eigenvalue weighted by Crippen LogP contribution is -2.41. The summed E-state index contributed by atoms with van der Waals surface area (Å²) in [6.07, 6.45) is 9.45. The fourth-order valence-electron chi connectivity index (χ4n) is 2.42. The largest absolute Gasteiger partial charge is 0.330 e. The summed E-state index contributed by atoms with van der Waals surface area (Å²) < 4.78 is 0. The minimum absolute atomic E-state index is 0.0230. The van der Waals surface area contributed by atoms with E-state index in [1.807, 2.05) is 0 Å². The van der Waals surface area contributed by atoms with E-state index in [0.29, 0.717) is 10.8 Å². The Morgan fingerprint density at radius 3 is 1.40 bits per heavy atom. The quantitative estimate of drug-likeness (QED) is 0.594. The van der Waals surface area contributed by atoms with E-state index in [2.05, 4.69) is 41.5 Å². The fraction of sp³-hybridized carbons (Fsp3) is 1.00. The van der Waals surface area contributed by atoms with E-state index < -0.39 is 0 Å². The Balaban J connectivity index is 4.41. The molecule has 0 unspecified atom stereocenters. The van der Waals surface area contributed by atoms with Crippen LogP contribution in [0.3, 0.4) is 0 Å². The van der Waals surface area contributed by atoms with Gasteiger partial charge in [0.15, 0.2) is 0 Å². The summed E-state index contributed by atoms with van der Waals surface area (Å²) >= 11 is 0. The summed E-state index contributed by atoms with van der Waals surface area (Å²) in [5, 5.41) is 0. The lowest BCUT2D eigenvalue weighted by molar-refractivity contribution is 0.228. The highest BCUT2D eigenvalue weighted by atomic mass is 14.7. The van der Waals surface area contributed by atoms with Crippen LogP contribution < -0.4 is 11.5 Å². The molecule has 0 aliphatic carbocycles. The van der Waals surface area contributed by atoms with Gasteiger partial charge in [-0.05, 0) is 55.9 Å². The molecule has 0 heterocycles.